The molecule has 0 saturated carbocycles. The van der Waals surface area contributed by atoms with Crippen LogP contribution in [-0.4, -0.2) is 0 Å². The number of benzene rings is 10. The monoisotopic (exact) mass is 1340 g/mol. The predicted molar refractivity (Wildman–Crippen MR) is 437 cm³/mol. The van der Waals surface area contributed by atoms with E-state index in [9.17, 15) is 0 Å². The largest absolute Gasteiger partial charge is 0.314 e. The third kappa shape index (κ3) is 11.3. The molecule has 0 saturated heterocycles. The first-order chi connectivity index (χ1) is 51.2. The zero-order chi connectivity index (χ0) is 69.9. The van der Waals surface area contributed by atoms with E-state index < -0.39 is 10.8 Å². The highest BCUT2D eigenvalue weighted by atomic mass is 15.2. The van der Waals surface area contributed by atoms with Crippen LogP contribution in [0, 0.1) is 30.6 Å². The highest BCUT2D eigenvalue weighted by Crippen LogP contribution is 2.60. The van der Waals surface area contributed by atoms with Crippen LogP contribution in [0.15, 0.2) is 333 Å². The van der Waals surface area contributed by atoms with Crippen LogP contribution in [-0.2, 0) is 23.7 Å². The van der Waals surface area contributed by atoms with Crippen molar-refractivity contribution in [2.45, 2.75) is 113 Å². The van der Waals surface area contributed by atoms with Crippen LogP contribution in [0.1, 0.15) is 166 Å². The van der Waals surface area contributed by atoms with Crippen molar-refractivity contribution >= 4 is 34.9 Å². The molecule has 2 heteroatoms. The summed E-state index contributed by atoms with van der Waals surface area (Å²) in [5.41, 5.74) is 34.1. The third-order valence-electron chi connectivity index (χ3n) is 24.4. The summed E-state index contributed by atoms with van der Waals surface area (Å²) in [5, 5.41) is 0. The van der Waals surface area contributed by atoms with Gasteiger partial charge in [-0.05, 0) is 220 Å². The molecule has 8 aliphatic rings. The van der Waals surface area contributed by atoms with Gasteiger partial charge in [0, 0.05) is 62.7 Å². The standard InChI is InChI=1S/C102H88N2/c1-5-71-37-41-73(42-38-71)67-101(79-49-33-69(3)34-50-79)95-31-19-17-27-89(95)91-59-57-83(65-97(91)101)103(81-53-45-77(46-54-81)75-21-9-7-10-22-75)99-63-61-87(85-25-13-15-29-93(85)99)88-62-64-100(94-30-16-14-26-86(88)94)104(82-55-47-78(48-56-82)76-23-11-8-12-24-76)84-58-60-92-90-28-18-20-32-96(90)102(98(92)66-84,80-51-35-70(4)36-52-80)68-74-43-39-72(6-2)40-44-74/h5-7,9-11,13-32,35-45,49,51-55,57-60,63-66,69,77-78,87-88H,1-2,8,12,33,46-48,56,61-62,67-68H2,3-4H3. The zero-order valence-electron chi connectivity index (χ0n) is 59.9. The van der Waals surface area contributed by atoms with Gasteiger partial charge in [-0.25, -0.2) is 0 Å². The van der Waals surface area contributed by atoms with Gasteiger partial charge in [-0.1, -0.05) is 317 Å². The van der Waals surface area contributed by atoms with Gasteiger partial charge in [0.15, 0.2) is 0 Å². The van der Waals surface area contributed by atoms with E-state index in [-0.39, 0.29) is 17.8 Å². The molecule has 0 spiro atoms. The summed E-state index contributed by atoms with van der Waals surface area (Å²) in [6.07, 6.45) is 39.5. The molecule has 2 nitrogen and oxygen atoms in total. The minimum atomic E-state index is -0.510. The van der Waals surface area contributed by atoms with Crippen molar-refractivity contribution in [1.29, 1.82) is 0 Å². The number of nitrogens with zero attached hydrogens (tertiary/aromatic N) is 2. The lowest BCUT2D eigenvalue weighted by Crippen LogP contribution is -2.32. The number of hydrogen-bond acceptors (Lipinski definition) is 2. The normalized spacial score (nSPS) is 22.2. The summed E-state index contributed by atoms with van der Waals surface area (Å²) in [4.78, 5) is 5.34. The van der Waals surface area contributed by atoms with Gasteiger partial charge in [0.25, 0.3) is 0 Å². The van der Waals surface area contributed by atoms with E-state index in [0.29, 0.717) is 11.8 Å². The van der Waals surface area contributed by atoms with Crippen molar-refractivity contribution in [2.24, 2.45) is 11.8 Å². The van der Waals surface area contributed by atoms with Gasteiger partial charge in [-0.3, -0.25) is 0 Å². The van der Waals surface area contributed by atoms with E-state index in [1.807, 2.05) is 12.2 Å². The van der Waals surface area contributed by atoms with Crippen molar-refractivity contribution in [1.82, 2.24) is 0 Å². The molecule has 8 aliphatic carbocycles. The first kappa shape index (κ1) is 64.8. The molecule has 7 unspecified atom stereocenters. The van der Waals surface area contributed by atoms with Crippen molar-refractivity contribution in [3.05, 3.63) is 416 Å². The van der Waals surface area contributed by atoms with Gasteiger partial charge in [0.05, 0.1) is 10.8 Å². The molecule has 0 radical (unpaired) electrons. The Kier molecular flexibility index (Phi) is 16.9. The summed E-state index contributed by atoms with van der Waals surface area (Å²) in [6.45, 7) is 12.7. The van der Waals surface area contributed by atoms with Crippen LogP contribution >= 0.6 is 0 Å². The number of rotatable bonds is 17. The van der Waals surface area contributed by atoms with Crippen LogP contribution < -0.4 is 9.80 Å². The molecule has 7 atom stereocenters. The minimum absolute atomic E-state index is 0.219. The van der Waals surface area contributed by atoms with E-state index in [1.165, 1.54) is 134 Å². The van der Waals surface area contributed by atoms with E-state index in [0.717, 1.165) is 87.4 Å². The van der Waals surface area contributed by atoms with Crippen LogP contribution in [0.25, 0.3) is 45.8 Å². The molecule has 0 aromatic heterocycles. The molecule has 104 heavy (non-hydrogen) atoms. The van der Waals surface area contributed by atoms with E-state index in [2.05, 4.69) is 346 Å². The fourth-order valence-electron chi connectivity index (χ4n) is 19.2. The van der Waals surface area contributed by atoms with Crippen LogP contribution in [0.4, 0.5) is 11.4 Å². The summed E-state index contributed by atoms with van der Waals surface area (Å²) in [7, 11) is 0. The average molecular weight is 1340 g/mol. The minimum Gasteiger partial charge on any atom is -0.314 e. The molecule has 0 fully saturated rings. The lowest BCUT2D eigenvalue weighted by molar-refractivity contribution is 0.532. The number of fused-ring (bicyclic) bond motifs is 8. The SMILES string of the molecule is C=Cc1ccc(CC2(C3=CCC(C)C#C3)c3ccccc3-c3ccc(N(C4=CCC(c5ccccc5)C=C4)C4=CCC(C5CC=C(N(C6=CCC(C7=CCCC=C7)CC6)c6ccc7c(c6)C(Cc6ccc(C=C)cc6)(c6ccc(C)cc6)c6ccccc6-7)c6ccccc65)c5ccccc54)cc32)cc1. The molecule has 10 aromatic carbocycles. The Hall–Kier alpha value is -11.2. The van der Waals surface area contributed by atoms with E-state index in [1.54, 1.807) is 0 Å². The maximum atomic E-state index is 4.12. The first-order valence-electron chi connectivity index (χ1n) is 38.1. The molecule has 0 amide bonds. The Morgan fingerprint density at radius 2 is 1.03 bits per heavy atom. The second-order valence-electron chi connectivity index (χ2n) is 30.3. The van der Waals surface area contributed by atoms with Crippen LogP contribution in [0.2, 0.25) is 0 Å². The molecule has 0 bridgehead atoms. The summed E-state index contributed by atoms with van der Waals surface area (Å²) >= 11 is 0. The van der Waals surface area contributed by atoms with Crippen molar-refractivity contribution in [2.75, 3.05) is 9.80 Å². The summed E-state index contributed by atoms with van der Waals surface area (Å²) in [6, 6.07) is 90.9. The third-order valence-corrected chi connectivity index (χ3v) is 24.4. The lowest BCUT2D eigenvalue weighted by atomic mass is 9.67. The Balaban J connectivity index is 0.755. The van der Waals surface area contributed by atoms with Gasteiger partial charge in [0.1, 0.15) is 0 Å². The van der Waals surface area contributed by atoms with Crippen LogP contribution in [0.5, 0.6) is 0 Å². The zero-order valence-corrected chi connectivity index (χ0v) is 59.9. The fourth-order valence-corrected chi connectivity index (χ4v) is 19.2. The van der Waals surface area contributed by atoms with Crippen molar-refractivity contribution in [3.63, 3.8) is 0 Å². The van der Waals surface area contributed by atoms with Gasteiger partial charge in [-0.15, -0.1) is 0 Å². The number of hydrogen-bond donors (Lipinski definition) is 0. The maximum Gasteiger partial charge on any atom is 0.0580 e. The van der Waals surface area contributed by atoms with Crippen molar-refractivity contribution < 1.29 is 0 Å². The number of anilines is 2. The van der Waals surface area contributed by atoms with Gasteiger partial charge in [0.2, 0.25) is 0 Å². The van der Waals surface area contributed by atoms with Gasteiger partial charge in [-0.2, -0.15) is 0 Å². The average Bonchev–Trinajstić information content (AvgIpc) is 1.56. The fraction of sp³-hybridized carbons (Fsp3) is 0.196. The van der Waals surface area contributed by atoms with E-state index in [4.69, 9.17) is 0 Å². The maximum absolute atomic E-state index is 4.12. The second kappa shape index (κ2) is 27.2. The first-order valence-corrected chi connectivity index (χ1v) is 38.1. The van der Waals surface area contributed by atoms with Crippen LogP contribution in [0.3, 0.4) is 0 Å². The molecular formula is C102H88N2. The van der Waals surface area contributed by atoms with Gasteiger partial charge >= 0.3 is 0 Å². The molecule has 506 valence electrons. The van der Waals surface area contributed by atoms with Gasteiger partial charge < -0.3 is 9.80 Å². The highest BCUT2D eigenvalue weighted by molar-refractivity contribution is 5.93. The highest BCUT2D eigenvalue weighted by Gasteiger charge is 2.49. The van der Waals surface area contributed by atoms with E-state index >= 15 is 0 Å². The number of allylic oxidation sites excluding steroid dienone is 13. The lowest BCUT2D eigenvalue weighted by Gasteiger charge is -2.41. The summed E-state index contributed by atoms with van der Waals surface area (Å²) < 4.78 is 0. The second-order valence-corrected chi connectivity index (χ2v) is 30.3. The topological polar surface area (TPSA) is 6.48 Å². The molecule has 0 aliphatic heterocycles. The van der Waals surface area contributed by atoms with Crippen molar-refractivity contribution in [3.8, 4) is 34.1 Å². The molecule has 0 heterocycles. The Morgan fingerprint density at radius 3 is 1.60 bits per heavy atom. The number of aryl methyl sites for hydroxylation is 1. The quantitative estimate of drug-likeness (QED) is 0.0839. The Bertz CT molecular complexity index is 5390. The molecule has 10 aromatic rings. The Labute approximate surface area is 616 Å². The molecule has 0 N–H and O–H groups in total. The summed E-state index contributed by atoms with van der Waals surface area (Å²) in [5.74, 6) is 9.08. The predicted octanol–water partition coefficient (Wildman–Crippen LogP) is 25.3. The molecule has 18 rings (SSSR count). The molecular weight excluding hydrogens is 1250 g/mol. The smallest absolute Gasteiger partial charge is 0.0580 e. The Morgan fingerprint density at radius 1 is 0.471 bits per heavy atom.